The van der Waals surface area contributed by atoms with Crippen molar-refractivity contribution in [1.82, 2.24) is 0 Å². The molecule has 1 rings (SSSR count). The molecule has 0 N–H and O–H groups in total. The highest BCUT2D eigenvalue weighted by Gasteiger charge is 2.28. The van der Waals surface area contributed by atoms with Crippen LogP contribution in [0.2, 0.25) is 0 Å². The standard InChI is InChI=1S/C12H20O2/c1-9(2)10-6-7-12(3,14-5)8-11(10)13-4/h6-7,9H,8H2,1-5H3. The minimum atomic E-state index is -0.205. The topological polar surface area (TPSA) is 18.5 Å². The zero-order valence-corrected chi connectivity index (χ0v) is 9.76. The Morgan fingerprint density at radius 1 is 1.36 bits per heavy atom. The zero-order valence-electron chi connectivity index (χ0n) is 9.76. The lowest BCUT2D eigenvalue weighted by Crippen LogP contribution is -2.28. The summed E-state index contributed by atoms with van der Waals surface area (Å²) in [5, 5.41) is 0. The fourth-order valence-corrected chi connectivity index (χ4v) is 1.68. The summed E-state index contributed by atoms with van der Waals surface area (Å²) in [5.74, 6) is 1.55. The van der Waals surface area contributed by atoms with E-state index in [0.29, 0.717) is 5.92 Å². The Hall–Kier alpha value is -0.760. The second-order valence-corrected chi connectivity index (χ2v) is 4.26. The lowest BCUT2D eigenvalue weighted by molar-refractivity contribution is 0.0342. The van der Waals surface area contributed by atoms with E-state index < -0.39 is 0 Å². The molecule has 0 bridgehead atoms. The van der Waals surface area contributed by atoms with Crippen molar-refractivity contribution in [3.63, 3.8) is 0 Å². The molecule has 2 nitrogen and oxygen atoms in total. The number of allylic oxidation sites excluding steroid dienone is 2. The first-order valence-corrected chi connectivity index (χ1v) is 5.04. The maximum absolute atomic E-state index is 5.44. The SMILES string of the molecule is COC1=C(C(C)C)C=CC(C)(OC)C1. The fraction of sp³-hybridized carbons (Fsp3) is 0.667. The summed E-state index contributed by atoms with van der Waals surface area (Å²) in [6.07, 6.45) is 5.06. The molecule has 0 saturated heterocycles. The van der Waals surface area contributed by atoms with E-state index in [1.54, 1.807) is 14.2 Å². The van der Waals surface area contributed by atoms with Crippen molar-refractivity contribution >= 4 is 0 Å². The smallest absolute Gasteiger partial charge is 0.102 e. The van der Waals surface area contributed by atoms with Crippen molar-refractivity contribution < 1.29 is 9.47 Å². The summed E-state index contributed by atoms with van der Waals surface area (Å²) in [6, 6.07) is 0. The lowest BCUT2D eigenvalue weighted by atomic mass is 9.88. The number of hydrogen-bond donors (Lipinski definition) is 0. The highest BCUT2D eigenvalue weighted by atomic mass is 16.5. The van der Waals surface area contributed by atoms with Crippen molar-refractivity contribution in [2.24, 2.45) is 5.92 Å². The highest BCUT2D eigenvalue weighted by molar-refractivity contribution is 5.32. The molecule has 0 aromatic carbocycles. The van der Waals surface area contributed by atoms with E-state index in [1.165, 1.54) is 5.57 Å². The molecule has 0 aliphatic heterocycles. The Morgan fingerprint density at radius 2 is 2.00 bits per heavy atom. The van der Waals surface area contributed by atoms with Crippen LogP contribution >= 0.6 is 0 Å². The third kappa shape index (κ3) is 2.18. The van der Waals surface area contributed by atoms with Gasteiger partial charge in [0.1, 0.15) is 5.76 Å². The summed E-state index contributed by atoms with van der Waals surface area (Å²) >= 11 is 0. The molecule has 1 atom stereocenters. The minimum absolute atomic E-state index is 0.205. The molecule has 0 aromatic heterocycles. The number of ether oxygens (including phenoxy) is 2. The Balaban J connectivity index is 2.93. The molecule has 0 heterocycles. The van der Waals surface area contributed by atoms with Gasteiger partial charge >= 0.3 is 0 Å². The Kier molecular flexibility index (Phi) is 3.38. The van der Waals surface area contributed by atoms with Gasteiger partial charge in [-0.15, -0.1) is 0 Å². The largest absolute Gasteiger partial charge is 0.501 e. The average molecular weight is 196 g/mol. The Labute approximate surface area is 86.6 Å². The summed E-state index contributed by atoms with van der Waals surface area (Å²) in [6.45, 7) is 6.42. The highest BCUT2D eigenvalue weighted by Crippen LogP contribution is 2.32. The van der Waals surface area contributed by atoms with E-state index in [-0.39, 0.29) is 5.60 Å². The molecule has 1 unspecified atom stereocenters. The maximum Gasteiger partial charge on any atom is 0.102 e. The molecule has 0 saturated carbocycles. The van der Waals surface area contributed by atoms with E-state index in [1.807, 2.05) is 0 Å². The third-order valence-electron chi connectivity index (χ3n) is 2.78. The first kappa shape index (κ1) is 11.3. The number of hydrogen-bond acceptors (Lipinski definition) is 2. The van der Waals surface area contributed by atoms with Crippen molar-refractivity contribution in [3.8, 4) is 0 Å². The van der Waals surface area contributed by atoms with Gasteiger partial charge in [-0.05, 0) is 18.4 Å². The predicted molar refractivity (Wildman–Crippen MR) is 58.0 cm³/mol. The normalized spacial score (nSPS) is 27.3. The first-order valence-electron chi connectivity index (χ1n) is 5.04. The van der Waals surface area contributed by atoms with Crippen molar-refractivity contribution in [3.05, 3.63) is 23.5 Å². The van der Waals surface area contributed by atoms with Crippen LogP contribution < -0.4 is 0 Å². The van der Waals surface area contributed by atoms with Crippen LogP contribution in [0.3, 0.4) is 0 Å². The zero-order chi connectivity index (χ0) is 10.8. The van der Waals surface area contributed by atoms with Gasteiger partial charge in [-0.1, -0.05) is 26.0 Å². The van der Waals surface area contributed by atoms with Gasteiger partial charge in [-0.3, -0.25) is 0 Å². The average Bonchev–Trinajstić information content (AvgIpc) is 2.17. The first-order chi connectivity index (χ1) is 6.52. The lowest BCUT2D eigenvalue weighted by Gasteiger charge is -2.30. The van der Waals surface area contributed by atoms with Gasteiger partial charge in [0.2, 0.25) is 0 Å². The van der Waals surface area contributed by atoms with E-state index in [0.717, 1.165) is 12.2 Å². The molecule has 1 aliphatic carbocycles. The molecular weight excluding hydrogens is 176 g/mol. The Bertz CT molecular complexity index is 263. The van der Waals surface area contributed by atoms with E-state index >= 15 is 0 Å². The number of methoxy groups -OCH3 is 2. The van der Waals surface area contributed by atoms with Gasteiger partial charge in [0.15, 0.2) is 0 Å². The van der Waals surface area contributed by atoms with Crippen molar-refractivity contribution in [2.75, 3.05) is 14.2 Å². The monoisotopic (exact) mass is 196 g/mol. The molecule has 0 spiro atoms. The Morgan fingerprint density at radius 3 is 2.43 bits per heavy atom. The molecular formula is C12H20O2. The van der Waals surface area contributed by atoms with Gasteiger partial charge in [0.05, 0.1) is 12.7 Å². The summed E-state index contributed by atoms with van der Waals surface area (Å²) < 4.78 is 10.8. The fourth-order valence-electron chi connectivity index (χ4n) is 1.68. The predicted octanol–water partition coefficient (Wildman–Crippen LogP) is 2.91. The van der Waals surface area contributed by atoms with Gasteiger partial charge in [0, 0.05) is 13.5 Å². The molecule has 0 radical (unpaired) electrons. The maximum atomic E-state index is 5.44. The third-order valence-corrected chi connectivity index (χ3v) is 2.78. The molecule has 1 aliphatic rings. The van der Waals surface area contributed by atoms with Crippen LogP contribution in [0, 0.1) is 5.92 Å². The van der Waals surface area contributed by atoms with Crippen LogP contribution in [0.5, 0.6) is 0 Å². The van der Waals surface area contributed by atoms with E-state index in [2.05, 4.69) is 32.9 Å². The second kappa shape index (κ2) is 4.18. The van der Waals surface area contributed by atoms with Crippen LogP contribution in [0.15, 0.2) is 23.5 Å². The summed E-state index contributed by atoms with van der Waals surface area (Å²) in [5.41, 5.74) is 1.08. The van der Waals surface area contributed by atoms with Crippen molar-refractivity contribution in [2.45, 2.75) is 32.8 Å². The van der Waals surface area contributed by atoms with Crippen LogP contribution in [-0.2, 0) is 9.47 Å². The molecule has 0 aromatic rings. The summed E-state index contributed by atoms with van der Waals surface area (Å²) in [4.78, 5) is 0. The van der Waals surface area contributed by atoms with E-state index in [4.69, 9.17) is 9.47 Å². The minimum Gasteiger partial charge on any atom is -0.501 e. The second-order valence-electron chi connectivity index (χ2n) is 4.26. The van der Waals surface area contributed by atoms with Crippen LogP contribution in [0.1, 0.15) is 27.2 Å². The van der Waals surface area contributed by atoms with E-state index in [9.17, 15) is 0 Å². The molecule has 80 valence electrons. The van der Waals surface area contributed by atoms with Gasteiger partial charge < -0.3 is 9.47 Å². The van der Waals surface area contributed by atoms with Crippen LogP contribution in [0.4, 0.5) is 0 Å². The molecule has 14 heavy (non-hydrogen) atoms. The van der Waals surface area contributed by atoms with Crippen LogP contribution in [-0.4, -0.2) is 19.8 Å². The summed E-state index contributed by atoms with van der Waals surface area (Å²) in [7, 11) is 3.46. The molecule has 0 amide bonds. The number of rotatable bonds is 3. The quantitative estimate of drug-likeness (QED) is 0.691. The van der Waals surface area contributed by atoms with Gasteiger partial charge in [-0.25, -0.2) is 0 Å². The van der Waals surface area contributed by atoms with Gasteiger partial charge in [0.25, 0.3) is 0 Å². The van der Waals surface area contributed by atoms with Crippen molar-refractivity contribution in [1.29, 1.82) is 0 Å². The molecule has 0 fully saturated rings. The molecule has 2 heteroatoms. The van der Waals surface area contributed by atoms with Gasteiger partial charge in [-0.2, -0.15) is 0 Å². The van der Waals surface area contributed by atoms with Crippen LogP contribution in [0.25, 0.3) is 0 Å².